The summed E-state index contributed by atoms with van der Waals surface area (Å²) in [5, 5.41) is 0. The Morgan fingerprint density at radius 1 is 1.17 bits per heavy atom. The zero-order valence-corrected chi connectivity index (χ0v) is 13.8. The number of para-hydroxylation sites is 1. The Hall–Kier alpha value is -2.49. The van der Waals surface area contributed by atoms with Crippen LogP contribution >= 0.6 is 0 Å². The Labute approximate surface area is 142 Å². The average molecular weight is 323 g/mol. The van der Waals surface area contributed by atoms with E-state index < -0.39 is 0 Å². The van der Waals surface area contributed by atoms with Crippen LogP contribution in [0.25, 0.3) is 0 Å². The van der Waals surface area contributed by atoms with Crippen molar-refractivity contribution in [1.82, 2.24) is 0 Å². The molecule has 4 heteroatoms. The van der Waals surface area contributed by atoms with E-state index in [9.17, 15) is 4.79 Å². The van der Waals surface area contributed by atoms with Crippen molar-refractivity contribution in [3.05, 3.63) is 53.6 Å². The highest BCUT2D eigenvalue weighted by atomic mass is 16.7. The highest BCUT2D eigenvalue weighted by Gasteiger charge is 2.25. The molecule has 1 unspecified atom stereocenters. The van der Waals surface area contributed by atoms with Crippen LogP contribution in [0.4, 0.5) is 5.69 Å². The normalized spacial score (nSPS) is 18.4. The van der Waals surface area contributed by atoms with Gasteiger partial charge in [0.25, 0.3) is 0 Å². The SMILES string of the molecule is CC1Cc2ccccc2N(C(=O)CCc2ccc3c(c2)OCO3)C1. The van der Waals surface area contributed by atoms with E-state index in [-0.39, 0.29) is 12.7 Å². The second-order valence-corrected chi connectivity index (χ2v) is 6.63. The fourth-order valence-corrected chi connectivity index (χ4v) is 3.52. The van der Waals surface area contributed by atoms with Crippen LogP contribution in [-0.4, -0.2) is 19.2 Å². The fourth-order valence-electron chi connectivity index (χ4n) is 3.52. The molecule has 4 rings (SSSR count). The molecule has 2 aromatic rings. The number of amides is 1. The fraction of sp³-hybridized carbons (Fsp3) is 0.350. The van der Waals surface area contributed by atoms with Gasteiger partial charge in [0.1, 0.15) is 0 Å². The third-order valence-corrected chi connectivity index (χ3v) is 4.71. The van der Waals surface area contributed by atoms with Crippen LogP contribution < -0.4 is 14.4 Å². The molecule has 0 saturated heterocycles. The van der Waals surface area contributed by atoms with Gasteiger partial charge in [0.15, 0.2) is 11.5 Å². The summed E-state index contributed by atoms with van der Waals surface area (Å²) in [5.74, 6) is 2.24. The van der Waals surface area contributed by atoms with Crippen LogP contribution in [0.2, 0.25) is 0 Å². The van der Waals surface area contributed by atoms with Crippen LogP contribution in [0.3, 0.4) is 0 Å². The second kappa shape index (κ2) is 6.19. The minimum Gasteiger partial charge on any atom is -0.454 e. The first-order valence-corrected chi connectivity index (χ1v) is 8.47. The van der Waals surface area contributed by atoms with Gasteiger partial charge in [0.2, 0.25) is 12.7 Å². The third-order valence-electron chi connectivity index (χ3n) is 4.71. The Morgan fingerprint density at radius 3 is 2.92 bits per heavy atom. The van der Waals surface area contributed by atoms with Crippen LogP contribution in [0.15, 0.2) is 42.5 Å². The number of carbonyl (C=O) groups is 1. The number of aryl methyl sites for hydroxylation is 1. The minimum atomic E-state index is 0.187. The molecule has 2 aliphatic rings. The molecule has 0 saturated carbocycles. The van der Waals surface area contributed by atoms with E-state index in [4.69, 9.17) is 9.47 Å². The van der Waals surface area contributed by atoms with Crippen molar-refractivity contribution < 1.29 is 14.3 Å². The highest BCUT2D eigenvalue weighted by molar-refractivity contribution is 5.94. The van der Waals surface area contributed by atoms with Crippen molar-refractivity contribution in [2.75, 3.05) is 18.2 Å². The lowest BCUT2D eigenvalue weighted by Gasteiger charge is -2.33. The molecule has 2 heterocycles. The lowest BCUT2D eigenvalue weighted by Crippen LogP contribution is -2.39. The van der Waals surface area contributed by atoms with Gasteiger partial charge >= 0.3 is 0 Å². The molecule has 0 aromatic heterocycles. The van der Waals surface area contributed by atoms with E-state index in [2.05, 4.69) is 19.1 Å². The lowest BCUT2D eigenvalue weighted by molar-refractivity contribution is -0.118. The molecule has 1 amide bonds. The number of hydrogen-bond donors (Lipinski definition) is 0. The van der Waals surface area contributed by atoms with Gasteiger partial charge in [0, 0.05) is 18.7 Å². The van der Waals surface area contributed by atoms with Crippen LogP contribution in [0.5, 0.6) is 11.5 Å². The molecule has 0 bridgehead atoms. The molecule has 0 fully saturated rings. The van der Waals surface area contributed by atoms with E-state index >= 15 is 0 Å². The maximum absolute atomic E-state index is 12.8. The molecule has 124 valence electrons. The predicted molar refractivity (Wildman–Crippen MR) is 92.5 cm³/mol. The van der Waals surface area contributed by atoms with Gasteiger partial charge in [-0.1, -0.05) is 31.2 Å². The number of ether oxygens (including phenoxy) is 2. The quantitative estimate of drug-likeness (QED) is 0.867. The first-order valence-electron chi connectivity index (χ1n) is 8.47. The van der Waals surface area contributed by atoms with Gasteiger partial charge in [-0.2, -0.15) is 0 Å². The van der Waals surface area contributed by atoms with E-state index in [1.165, 1.54) is 5.56 Å². The molecular formula is C20H21NO3. The summed E-state index contributed by atoms with van der Waals surface area (Å²) in [4.78, 5) is 14.7. The molecule has 0 aliphatic carbocycles. The first kappa shape index (κ1) is 15.1. The average Bonchev–Trinajstić information content (AvgIpc) is 3.06. The monoisotopic (exact) mass is 323 g/mol. The van der Waals surface area contributed by atoms with Crippen molar-refractivity contribution in [1.29, 1.82) is 0 Å². The van der Waals surface area contributed by atoms with Crippen LogP contribution in [0, 0.1) is 5.92 Å². The predicted octanol–water partition coefficient (Wildman–Crippen LogP) is 3.57. The molecule has 2 aliphatic heterocycles. The summed E-state index contributed by atoms with van der Waals surface area (Å²) in [6.07, 6.45) is 2.26. The molecule has 1 atom stereocenters. The molecule has 4 nitrogen and oxygen atoms in total. The van der Waals surface area contributed by atoms with E-state index in [0.29, 0.717) is 18.8 Å². The Kier molecular flexibility index (Phi) is 3.89. The maximum Gasteiger partial charge on any atom is 0.231 e. The smallest absolute Gasteiger partial charge is 0.231 e. The summed E-state index contributed by atoms with van der Waals surface area (Å²) in [7, 11) is 0. The number of hydrogen-bond acceptors (Lipinski definition) is 3. The number of benzene rings is 2. The number of carbonyl (C=O) groups excluding carboxylic acids is 1. The maximum atomic E-state index is 12.8. The summed E-state index contributed by atoms with van der Waals surface area (Å²) in [6, 6.07) is 14.1. The van der Waals surface area contributed by atoms with Gasteiger partial charge < -0.3 is 14.4 Å². The lowest BCUT2D eigenvalue weighted by atomic mass is 9.93. The van der Waals surface area contributed by atoms with E-state index in [1.807, 2.05) is 35.2 Å². The number of rotatable bonds is 3. The van der Waals surface area contributed by atoms with E-state index in [1.54, 1.807) is 0 Å². The summed E-state index contributed by atoms with van der Waals surface area (Å²) >= 11 is 0. The summed E-state index contributed by atoms with van der Waals surface area (Å²) in [5.41, 5.74) is 3.45. The number of fused-ring (bicyclic) bond motifs is 2. The van der Waals surface area contributed by atoms with Gasteiger partial charge in [-0.3, -0.25) is 4.79 Å². The molecule has 24 heavy (non-hydrogen) atoms. The highest BCUT2D eigenvalue weighted by Crippen LogP contribution is 2.33. The summed E-state index contributed by atoms with van der Waals surface area (Å²) < 4.78 is 10.7. The minimum absolute atomic E-state index is 0.187. The molecule has 0 N–H and O–H groups in total. The first-order chi connectivity index (χ1) is 11.7. The largest absolute Gasteiger partial charge is 0.454 e. The van der Waals surface area contributed by atoms with Gasteiger partial charge in [-0.05, 0) is 48.1 Å². The van der Waals surface area contributed by atoms with Crippen molar-refractivity contribution in [2.24, 2.45) is 5.92 Å². The van der Waals surface area contributed by atoms with Gasteiger partial charge in [-0.15, -0.1) is 0 Å². The standard InChI is InChI=1S/C20H21NO3/c1-14-10-16-4-2-3-5-17(16)21(12-14)20(22)9-7-15-6-8-18-19(11-15)24-13-23-18/h2-6,8,11,14H,7,9-10,12-13H2,1H3. The Bertz CT molecular complexity index is 771. The van der Waals surface area contributed by atoms with E-state index in [0.717, 1.165) is 35.7 Å². The third kappa shape index (κ3) is 2.84. The number of anilines is 1. The van der Waals surface area contributed by atoms with Crippen molar-refractivity contribution in [2.45, 2.75) is 26.2 Å². The molecule has 0 spiro atoms. The second-order valence-electron chi connectivity index (χ2n) is 6.63. The topological polar surface area (TPSA) is 38.8 Å². The zero-order chi connectivity index (χ0) is 16.5. The molecule has 0 radical (unpaired) electrons. The summed E-state index contributed by atoms with van der Waals surface area (Å²) in [6.45, 7) is 3.28. The Morgan fingerprint density at radius 2 is 2.00 bits per heavy atom. The zero-order valence-electron chi connectivity index (χ0n) is 13.8. The number of nitrogens with zero attached hydrogens (tertiary/aromatic N) is 1. The van der Waals surface area contributed by atoms with Crippen LogP contribution in [-0.2, 0) is 17.6 Å². The van der Waals surface area contributed by atoms with Crippen molar-refractivity contribution >= 4 is 11.6 Å². The van der Waals surface area contributed by atoms with Crippen LogP contribution in [0.1, 0.15) is 24.5 Å². The van der Waals surface area contributed by atoms with Gasteiger partial charge in [-0.25, -0.2) is 0 Å². The van der Waals surface area contributed by atoms with Gasteiger partial charge in [0.05, 0.1) is 0 Å². The van der Waals surface area contributed by atoms with Crippen molar-refractivity contribution in [3.8, 4) is 11.5 Å². The molecular weight excluding hydrogens is 302 g/mol. The molecule has 2 aromatic carbocycles. The van der Waals surface area contributed by atoms with Crippen molar-refractivity contribution in [3.63, 3.8) is 0 Å². The Balaban J connectivity index is 1.47.